The quantitative estimate of drug-likeness (QED) is 0.637. The Balaban J connectivity index is 1.54. The Morgan fingerprint density at radius 3 is 2.87 bits per heavy atom. The third kappa shape index (κ3) is 4.34. The second-order valence-corrected chi connectivity index (χ2v) is 7.31. The molecule has 3 aromatic rings. The van der Waals surface area contributed by atoms with Gasteiger partial charge in [0.25, 0.3) is 6.43 Å². The van der Waals surface area contributed by atoms with Crippen LogP contribution in [0.4, 0.5) is 25.2 Å². The summed E-state index contributed by atoms with van der Waals surface area (Å²) in [6, 6.07) is 6.15. The van der Waals surface area contributed by atoms with Gasteiger partial charge in [-0.05, 0) is 43.7 Å². The summed E-state index contributed by atoms with van der Waals surface area (Å²) in [5, 5.41) is 13.8. The van der Waals surface area contributed by atoms with Crippen LogP contribution in [0.1, 0.15) is 24.5 Å². The van der Waals surface area contributed by atoms with E-state index in [1.54, 1.807) is 23.9 Å². The van der Waals surface area contributed by atoms with Crippen LogP contribution < -0.4 is 10.6 Å². The standard InChI is InChI=1S/C19H19F2N7O2/c1-11-5-13(14-8-28(27-26-14)10-19(2)9-23-18(29)30-19)24-16(6-11)25-15-7-12(17(20)21)3-4-22-15/h3-8,17H,9-10H2,1-2H3,(H,23,29)(H,22,24,25)/t19-/m0/s1. The Morgan fingerprint density at radius 2 is 2.13 bits per heavy atom. The summed E-state index contributed by atoms with van der Waals surface area (Å²) in [5.74, 6) is 0.711. The molecule has 4 rings (SSSR count). The Hall–Kier alpha value is -3.63. The highest BCUT2D eigenvalue weighted by Crippen LogP contribution is 2.25. The van der Waals surface area contributed by atoms with Gasteiger partial charge in [0.15, 0.2) is 0 Å². The molecule has 0 aromatic carbocycles. The number of cyclic esters (lactones) is 1. The van der Waals surface area contributed by atoms with Crippen molar-refractivity contribution in [1.82, 2.24) is 30.3 Å². The molecule has 11 heteroatoms. The number of alkyl halides is 2. The number of nitrogens with zero attached hydrogens (tertiary/aromatic N) is 5. The lowest BCUT2D eigenvalue weighted by Gasteiger charge is -2.19. The summed E-state index contributed by atoms with van der Waals surface area (Å²) in [6.07, 6.45) is -0.0185. The first kappa shape index (κ1) is 19.7. The fourth-order valence-electron chi connectivity index (χ4n) is 3.12. The van der Waals surface area contributed by atoms with Crippen molar-refractivity contribution in [3.63, 3.8) is 0 Å². The van der Waals surface area contributed by atoms with E-state index >= 15 is 0 Å². The van der Waals surface area contributed by atoms with Crippen LogP contribution in [0.25, 0.3) is 11.4 Å². The first-order chi connectivity index (χ1) is 14.3. The van der Waals surface area contributed by atoms with Crippen molar-refractivity contribution in [2.24, 2.45) is 0 Å². The molecule has 0 radical (unpaired) electrons. The predicted octanol–water partition coefficient (Wildman–Crippen LogP) is 3.22. The lowest BCUT2D eigenvalue weighted by Crippen LogP contribution is -2.34. The third-order valence-corrected chi connectivity index (χ3v) is 4.51. The van der Waals surface area contributed by atoms with Gasteiger partial charge < -0.3 is 15.4 Å². The maximum absolute atomic E-state index is 12.9. The summed E-state index contributed by atoms with van der Waals surface area (Å²) in [7, 11) is 0. The van der Waals surface area contributed by atoms with Gasteiger partial charge in [0.05, 0.1) is 25.0 Å². The highest BCUT2D eigenvalue weighted by molar-refractivity contribution is 5.70. The average Bonchev–Trinajstić information content (AvgIpc) is 3.27. The van der Waals surface area contributed by atoms with Crippen LogP contribution in [0.5, 0.6) is 0 Å². The highest BCUT2D eigenvalue weighted by Gasteiger charge is 2.36. The van der Waals surface area contributed by atoms with E-state index in [1.807, 2.05) is 13.0 Å². The number of hydrogen-bond donors (Lipinski definition) is 2. The molecule has 1 saturated heterocycles. The highest BCUT2D eigenvalue weighted by atomic mass is 19.3. The van der Waals surface area contributed by atoms with E-state index in [0.29, 0.717) is 30.3 Å². The second-order valence-electron chi connectivity index (χ2n) is 7.31. The van der Waals surface area contributed by atoms with Crippen LogP contribution in [0.3, 0.4) is 0 Å². The van der Waals surface area contributed by atoms with E-state index in [9.17, 15) is 13.6 Å². The van der Waals surface area contributed by atoms with E-state index in [0.717, 1.165) is 5.56 Å². The topological polar surface area (TPSA) is 107 Å². The Kier molecular flexibility index (Phi) is 5.02. The maximum atomic E-state index is 12.9. The molecule has 0 bridgehead atoms. The summed E-state index contributed by atoms with van der Waals surface area (Å²) in [6.45, 7) is 4.40. The SMILES string of the molecule is Cc1cc(Nc2cc(C(F)F)ccn2)nc(-c2cn(C[C@]3(C)CNC(=O)O3)nn2)c1. The zero-order valence-electron chi connectivity index (χ0n) is 16.3. The number of anilines is 2. The molecule has 30 heavy (non-hydrogen) atoms. The number of amides is 1. The number of alkyl carbamates (subject to hydrolysis) is 1. The summed E-state index contributed by atoms with van der Waals surface area (Å²) < 4.78 is 32.7. The molecular weight excluding hydrogens is 396 g/mol. The Morgan fingerprint density at radius 1 is 1.30 bits per heavy atom. The molecule has 9 nitrogen and oxygen atoms in total. The van der Waals surface area contributed by atoms with Crippen molar-refractivity contribution in [3.8, 4) is 11.4 Å². The molecule has 0 spiro atoms. The van der Waals surface area contributed by atoms with Gasteiger partial charge in [0.1, 0.15) is 22.9 Å². The summed E-state index contributed by atoms with van der Waals surface area (Å²) in [4.78, 5) is 19.9. The van der Waals surface area contributed by atoms with E-state index in [1.165, 1.54) is 18.3 Å². The van der Waals surface area contributed by atoms with Crippen molar-refractivity contribution >= 4 is 17.7 Å². The van der Waals surface area contributed by atoms with Crippen molar-refractivity contribution in [1.29, 1.82) is 0 Å². The largest absolute Gasteiger partial charge is 0.439 e. The molecule has 4 heterocycles. The number of pyridine rings is 2. The third-order valence-electron chi connectivity index (χ3n) is 4.51. The van der Waals surface area contributed by atoms with E-state index in [4.69, 9.17) is 4.74 Å². The van der Waals surface area contributed by atoms with Gasteiger partial charge >= 0.3 is 6.09 Å². The van der Waals surface area contributed by atoms with Gasteiger partial charge in [-0.2, -0.15) is 0 Å². The predicted molar refractivity (Wildman–Crippen MR) is 103 cm³/mol. The smallest absolute Gasteiger partial charge is 0.407 e. The molecule has 1 amide bonds. The molecule has 1 fully saturated rings. The zero-order valence-corrected chi connectivity index (χ0v) is 16.3. The van der Waals surface area contributed by atoms with Crippen molar-refractivity contribution in [2.75, 3.05) is 11.9 Å². The number of carbonyl (C=O) groups is 1. The Bertz CT molecular complexity index is 1090. The van der Waals surface area contributed by atoms with Gasteiger partial charge in [0.2, 0.25) is 0 Å². The Labute approximate surface area is 170 Å². The minimum Gasteiger partial charge on any atom is -0.439 e. The van der Waals surface area contributed by atoms with Crippen molar-refractivity contribution in [3.05, 3.63) is 47.8 Å². The van der Waals surface area contributed by atoms with Gasteiger partial charge in [-0.3, -0.25) is 0 Å². The molecule has 1 atom stereocenters. The molecule has 1 aliphatic rings. The molecular formula is C19H19F2N7O2. The first-order valence-electron chi connectivity index (χ1n) is 9.17. The minimum atomic E-state index is -2.58. The number of ether oxygens (including phenoxy) is 1. The van der Waals surface area contributed by atoms with Gasteiger partial charge in [-0.1, -0.05) is 5.21 Å². The molecule has 156 valence electrons. The van der Waals surface area contributed by atoms with Crippen LogP contribution in [-0.4, -0.2) is 43.2 Å². The lowest BCUT2D eigenvalue weighted by atomic mass is 10.1. The van der Waals surface area contributed by atoms with Crippen LogP contribution in [0.15, 0.2) is 36.7 Å². The van der Waals surface area contributed by atoms with E-state index in [-0.39, 0.29) is 11.4 Å². The number of halogens is 2. The van der Waals surface area contributed by atoms with E-state index < -0.39 is 18.1 Å². The molecule has 0 saturated carbocycles. The fraction of sp³-hybridized carbons (Fsp3) is 0.316. The van der Waals surface area contributed by atoms with Crippen LogP contribution in [-0.2, 0) is 11.3 Å². The number of hydrogen-bond acceptors (Lipinski definition) is 7. The number of aromatic nitrogens is 5. The summed E-state index contributed by atoms with van der Waals surface area (Å²) in [5.41, 5.74) is 1.13. The van der Waals surface area contributed by atoms with E-state index in [2.05, 4.69) is 30.9 Å². The van der Waals surface area contributed by atoms with Gasteiger partial charge in [-0.15, -0.1) is 5.10 Å². The molecule has 1 aliphatic heterocycles. The monoisotopic (exact) mass is 415 g/mol. The van der Waals surface area contributed by atoms with Gasteiger partial charge in [0, 0.05) is 11.8 Å². The number of nitrogens with one attached hydrogen (secondary N) is 2. The average molecular weight is 415 g/mol. The lowest BCUT2D eigenvalue weighted by molar-refractivity contribution is 0.0545. The van der Waals surface area contributed by atoms with Crippen LogP contribution in [0, 0.1) is 6.92 Å². The van der Waals surface area contributed by atoms with Crippen molar-refractivity contribution in [2.45, 2.75) is 32.4 Å². The normalized spacial score (nSPS) is 18.4. The second kappa shape index (κ2) is 7.65. The zero-order chi connectivity index (χ0) is 21.3. The molecule has 2 N–H and O–H groups in total. The summed E-state index contributed by atoms with van der Waals surface area (Å²) >= 11 is 0. The fourth-order valence-corrected chi connectivity index (χ4v) is 3.12. The maximum Gasteiger partial charge on any atom is 0.407 e. The molecule has 0 aliphatic carbocycles. The van der Waals surface area contributed by atoms with Crippen LogP contribution >= 0.6 is 0 Å². The van der Waals surface area contributed by atoms with Crippen LogP contribution in [0.2, 0.25) is 0 Å². The molecule has 3 aromatic heterocycles. The molecule has 0 unspecified atom stereocenters. The van der Waals surface area contributed by atoms with Crippen molar-refractivity contribution < 1.29 is 18.3 Å². The minimum absolute atomic E-state index is 0.126. The first-order valence-corrected chi connectivity index (χ1v) is 9.17. The van der Waals surface area contributed by atoms with Gasteiger partial charge in [-0.25, -0.2) is 28.2 Å². The number of aryl methyl sites for hydroxylation is 1. The number of carbonyl (C=O) groups excluding carboxylic acids is 1. The number of rotatable bonds is 6.